The first-order valence-corrected chi connectivity index (χ1v) is 8.58. The number of nitrogens with zero attached hydrogens (tertiary/aromatic N) is 1. The van der Waals surface area contributed by atoms with Gasteiger partial charge in [-0.05, 0) is 41.8 Å². The summed E-state index contributed by atoms with van der Waals surface area (Å²) in [7, 11) is 0. The zero-order valence-electron chi connectivity index (χ0n) is 12.0. The SMILES string of the molecule is CCC(CC)N(CCO)C(c1cc(Br)cs1)C(C)N. The summed E-state index contributed by atoms with van der Waals surface area (Å²) in [6, 6.07) is 2.82. The molecule has 0 amide bonds. The third kappa shape index (κ3) is 4.53. The molecule has 1 aromatic heterocycles. The fourth-order valence-corrected chi connectivity index (χ4v) is 4.31. The van der Waals surface area contributed by atoms with Crippen molar-refractivity contribution >= 4 is 27.3 Å². The number of aliphatic hydroxyl groups is 1. The number of nitrogens with two attached hydrogens (primary N) is 1. The van der Waals surface area contributed by atoms with Gasteiger partial charge in [-0.25, -0.2) is 0 Å². The average Bonchev–Trinajstić information content (AvgIpc) is 2.77. The van der Waals surface area contributed by atoms with Crippen molar-refractivity contribution in [2.45, 2.75) is 51.7 Å². The summed E-state index contributed by atoms with van der Waals surface area (Å²) < 4.78 is 1.10. The van der Waals surface area contributed by atoms with Gasteiger partial charge in [0, 0.05) is 33.4 Å². The molecule has 19 heavy (non-hydrogen) atoms. The maximum absolute atomic E-state index is 9.37. The van der Waals surface area contributed by atoms with Crippen LogP contribution in [0.15, 0.2) is 15.9 Å². The van der Waals surface area contributed by atoms with Crippen LogP contribution in [0.25, 0.3) is 0 Å². The lowest BCUT2D eigenvalue weighted by molar-refractivity contribution is 0.0869. The van der Waals surface area contributed by atoms with Gasteiger partial charge in [0.05, 0.1) is 12.6 Å². The highest BCUT2D eigenvalue weighted by Crippen LogP contribution is 2.33. The first-order valence-electron chi connectivity index (χ1n) is 6.91. The van der Waals surface area contributed by atoms with Crippen LogP contribution in [-0.4, -0.2) is 35.2 Å². The van der Waals surface area contributed by atoms with E-state index in [1.807, 2.05) is 6.92 Å². The summed E-state index contributed by atoms with van der Waals surface area (Å²) in [6.45, 7) is 7.29. The fraction of sp³-hybridized carbons (Fsp3) is 0.714. The van der Waals surface area contributed by atoms with Gasteiger partial charge in [-0.1, -0.05) is 13.8 Å². The van der Waals surface area contributed by atoms with Crippen molar-refractivity contribution in [1.82, 2.24) is 4.90 Å². The molecule has 1 aromatic rings. The second-order valence-electron chi connectivity index (χ2n) is 4.90. The molecule has 0 fully saturated rings. The van der Waals surface area contributed by atoms with Crippen molar-refractivity contribution in [3.8, 4) is 0 Å². The van der Waals surface area contributed by atoms with E-state index in [1.165, 1.54) is 4.88 Å². The molecule has 0 aliphatic heterocycles. The van der Waals surface area contributed by atoms with Crippen molar-refractivity contribution in [1.29, 1.82) is 0 Å². The summed E-state index contributed by atoms with van der Waals surface area (Å²) in [5.41, 5.74) is 6.22. The van der Waals surface area contributed by atoms with Gasteiger partial charge >= 0.3 is 0 Å². The van der Waals surface area contributed by atoms with Crippen molar-refractivity contribution in [3.63, 3.8) is 0 Å². The Balaban J connectivity index is 3.04. The Bertz CT molecular complexity index is 366. The van der Waals surface area contributed by atoms with Crippen LogP contribution in [0.3, 0.4) is 0 Å². The summed E-state index contributed by atoms with van der Waals surface area (Å²) in [6.07, 6.45) is 2.15. The molecule has 2 unspecified atom stereocenters. The Labute approximate surface area is 128 Å². The van der Waals surface area contributed by atoms with Crippen LogP contribution in [0.2, 0.25) is 0 Å². The van der Waals surface area contributed by atoms with Crippen molar-refractivity contribution in [2.24, 2.45) is 5.73 Å². The minimum Gasteiger partial charge on any atom is -0.395 e. The summed E-state index contributed by atoms with van der Waals surface area (Å²) in [4.78, 5) is 3.63. The fourth-order valence-electron chi connectivity index (χ4n) is 2.63. The van der Waals surface area contributed by atoms with E-state index in [2.05, 4.69) is 46.1 Å². The van der Waals surface area contributed by atoms with Gasteiger partial charge in [0.25, 0.3) is 0 Å². The molecule has 0 aliphatic carbocycles. The van der Waals surface area contributed by atoms with E-state index >= 15 is 0 Å². The minimum absolute atomic E-state index is 0.0395. The van der Waals surface area contributed by atoms with E-state index in [-0.39, 0.29) is 18.7 Å². The smallest absolute Gasteiger partial charge is 0.0594 e. The number of rotatable bonds is 8. The van der Waals surface area contributed by atoms with Crippen LogP contribution < -0.4 is 5.73 Å². The second kappa shape index (κ2) is 8.37. The lowest BCUT2D eigenvalue weighted by atomic mass is 10.0. The molecular formula is C14H25BrN2OS. The first-order chi connectivity index (χ1) is 9.04. The third-order valence-electron chi connectivity index (χ3n) is 3.50. The molecule has 5 heteroatoms. The second-order valence-corrected chi connectivity index (χ2v) is 6.76. The molecule has 0 spiro atoms. The van der Waals surface area contributed by atoms with E-state index < -0.39 is 0 Å². The molecule has 1 heterocycles. The van der Waals surface area contributed by atoms with Crippen LogP contribution in [0.1, 0.15) is 44.5 Å². The lowest BCUT2D eigenvalue weighted by Gasteiger charge is -2.38. The number of hydrogen-bond donors (Lipinski definition) is 2. The molecular weight excluding hydrogens is 324 g/mol. The van der Waals surface area contributed by atoms with Crippen LogP contribution in [0, 0.1) is 0 Å². The van der Waals surface area contributed by atoms with E-state index in [0.29, 0.717) is 12.6 Å². The molecule has 0 saturated heterocycles. The van der Waals surface area contributed by atoms with Crippen LogP contribution >= 0.6 is 27.3 Å². The van der Waals surface area contributed by atoms with Gasteiger partial charge in [-0.3, -0.25) is 4.90 Å². The van der Waals surface area contributed by atoms with Crippen molar-refractivity contribution < 1.29 is 5.11 Å². The molecule has 3 nitrogen and oxygen atoms in total. The number of halogens is 1. The van der Waals surface area contributed by atoms with Crippen molar-refractivity contribution in [3.05, 3.63) is 20.8 Å². The van der Waals surface area contributed by atoms with Gasteiger partial charge in [-0.2, -0.15) is 0 Å². The maximum Gasteiger partial charge on any atom is 0.0594 e. The Morgan fingerprint density at radius 2 is 2.05 bits per heavy atom. The highest BCUT2D eigenvalue weighted by atomic mass is 79.9. The molecule has 3 N–H and O–H groups in total. The Hall–Kier alpha value is 0.0600. The molecule has 0 saturated carbocycles. The summed E-state index contributed by atoms with van der Waals surface area (Å²) >= 11 is 5.24. The molecule has 0 radical (unpaired) electrons. The molecule has 1 rings (SSSR count). The Kier molecular flexibility index (Phi) is 7.54. The maximum atomic E-state index is 9.37. The normalized spacial score (nSPS) is 15.2. The van der Waals surface area contributed by atoms with E-state index in [4.69, 9.17) is 5.73 Å². The average molecular weight is 349 g/mol. The molecule has 0 aliphatic rings. The Morgan fingerprint density at radius 3 is 2.42 bits per heavy atom. The summed E-state index contributed by atoms with van der Waals surface area (Å²) in [5.74, 6) is 0. The largest absolute Gasteiger partial charge is 0.395 e. The number of hydrogen-bond acceptors (Lipinski definition) is 4. The zero-order valence-corrected chi connectivity index (χ0v) is 14.4. The van der Waals surface area contributed by atoms with Crippen LogP contribution in [0.5, 0.6) is 0 Å². The highest BCUT2D eigenvalue weighted by Gasteiger charge is 2.29. The van der Waals surface area contributed by atoms with Crippen molar-refractivity contribution in [2.75, 3.05) is 13.2 Å². The monoisotopic (exact) mass is 348 g/mol. The lowest BCUT2D eigenvalue weighted by Crippen LogP contribution is -2.45. The quantitative estimate of drug-likeness (QED) is 0.756. The third-order valence-corrected chi connectivity index (χ3v) is 5.27. The van der Waals surface area contributed by atoms with Gasteiger partial charge in [-0.15, -0.1) is 11.3 Å². The minimum atomic E-state index is 0.0395. The molecule has 2 atom stereocenters. The predicted molar refractivity (Wildman–Crippen MR) is 86.6 cm³/mol. The van der Waals surface area contributed by atoms with Gasteiger partial charge in [0.1, 0.15) is 0 Å². The molecule has 110 valence electrons. The van der Waals surface area contributed by atoms with E-state index in [9.17, 15) is 5.11 Å². The molecule has 0 aromatic carbocycles. The van der Waals surface area contributed by atoms with E-state index in [1.54, 1.807) is 11.3 Å². The predicted octanol–water partition coefficient (Wildman–Crippen LogP) is 3.38. The van der Waals surface area contributed by atoms with Crippen LogP contribution in [0.4, 0.5) is 0 Å². The van der Waals surface area contributed by atoms with Gasteiger partial charge in [0.15, 0.2) is 0 Å². The van der Waals surface area contributed by atoms with E-state index in [0.717, 1.165) is 17.3 Å². The van der Waals surface area contributed by atoms with Gasteiger partial charge in [0.2, 0.25) is 0 Å². The standard InChI is InChI=1S/C14H25BrN2OS/c1-4-12(5-2)17(6-7-18)14(10(3)16)13-8-11(15)9-19-13/h8-10,12,14,18H,4-7,16H2,1-3H3. The topological polar surface area (TPSA) is 49.5 Å². The van der Waals surface area contributed by atoms with Gasteiger partial charge < -0.3 is 10.8 Å². The Morgan fingerprint density at radius 1 is 1.42 bits per heavy atom. The number of thiophene rings is 1. The first kappa shape index (κ1) is 17.1. The molecule has 0 bridgehead atoms. The number of aliphatic hydroxyl groups excluding tert-OH is 1. The summed E-state index contributed by atoms with van der Waals surface area (Å²) in [5, 5.41) is 11.5. The van der Waals surface area contributed by atoms with Crippen LogP contribution in [-0.2, 0) is 0 Å². The highest BCUT2D eigenvalue weighted by molar-refractivity contribution is 9.10. The zero-order chi connectivity index (χ0) is 14.4.